The van der Waals surface area contributed by atoms with Crippen molar-refractivity contribution >= 4 is 18.0 Å². The van der Waals surface area contributed by atoms with Crippen LogP contribution in [0.4, 0.5) is 4.79 Å². The van der Waals surface area contributed by atoms with Crippen LogP contribution in [0, 0.1) is 0 Å². The van der Waals surface area contributed by atoms with E-state index in [-0.39, 0.29) is 24.9 Å². The Bertz CT molecular complexity index is 1030. The maximum Gasteiger partial charge on any atom is 0.408 e. The third kappa shape index (κ3) is 3.65. The van der Waals surface area contributed by atoms with Crippen molar-refractivity contribution in [3.63, 3.8) is 0 Å². The molecule has 2 amide bonds. The number of carbonyl (C=O) groups is 3. The predicted molar refractivity (Wildman–Crippen MR) is 113 cm³/mol. The number of carboxylic acid groups (broad SMARTS) is 1. The summed E-state index contributed by atoms with van der Waals surface area (Å²) in [4.78, 5) is 36.3. The van der Waals surface area contributed by atoms with E-state index in [0.717, 1.165) is 22.3 Å². The van der Waals surface area contributed by atoms with Crippen LogP contribution >= 0.6 is 0 Å². The molecule has 0 atom stereocenters. The molecule has 0 aliphatic heterocycles. The van der Waals surface area contributed by atoms with Gasteiger partial charge in [-0.05, 0) is 47.9 Å². The highest BCUT2D eigenvalue weighted by Gasteiger charge is 2.56. The molecule has 0 heterocycles. The third-order valence-corrected chi connectivity index (χ3v) is 6.59. The van der Waals surface area contributed by atoms with E-state index >= 15 is 0 Å². The Kier molecular flexibility index (Phi) is 4.50. The molecule has 3 aliphatic carbocycles. The lowest BCUT2D eigenvalue weighted by Gasteiger charge is -2.22. The highest BCUT2D eigenvalue weighted by Crippen LogP contribution is 2.45. The van der Waals surface area contributed by atoms with Gasteiger partial charge in [-0.3, -0.25) is 9.59 Å². The molecule has 0 spiro atoms. The van der Waals surface area contributed by atoms with Gasteiger partial charge in [0.2, 0.25) is 5.91 Å². The van der Waals surface area contributed by atoms with E-state index in [0.29, 0.717) is 25.7 Å². The van der Waals surface area contributed by atoms with Gasteiger partial charge in [0.25, 0.3) is 0 Å². The van der Waals surface area contributed by atoms with E-state index in [4.69, 9.17) is 9.84 Å². The second-order valence-corrected chi connectivity index (χ2v) is 8.84. The van der Waals surface area contributed by atoms with Crippen molar-refractivity contribution in [3.05, 3.63) is 59.7 Å². The molecule has 7 heteroatoms. The number of hydrogen-bond acceptors (Lipinski definition) is 4. The molecule has 2 aromatic carbocycles. The van der Waals surface area contributed by atoms with Crippen LogP contribution in [0.1, 0.15) is 49.1 Å². The zero-order valence-corrected chi connectivity index (χ0v) is 17.0. The van der Waals surface area contributed by atoms with Crippen LogP contribution < -0.4 is 10.6 Å². The lowest BCUT2D eigenvalue weighted by atomic mass is 9.98. The smallest absolute Gasteiger partial charge is 0.408 e. The first-order chi connectivity index (χ1) is 14.9. The van der Waals surface area contributed by atoms with E-state index in [2.05, 4.69) is 34.9 Å². The van der Waals surface area contributed by atoms with Crippen LogP contribution in [0.3, 0.4) is 0 Å². The molecule has 0 aromatic heterocycles. The largest absolute Gasteiger partial charge is 0.481 e. The van der Waals surface area contributed by atoms with Crippen LogP contribution in [-0.4, -0.2) is 40.8 Å². The second-order valence-electron chi connectivity index (χ2n) is 8.84. The fourth-order valence-corrected chi connectivity index (χ4v) is 4.51. The topological polar surface area (TPSA) is 105 Å². The zero-order valence-electron chi connectivity index (χ0n) is 17.0. The number of benzene rings is 2. The Labute approximate surface area is 179 Å². The molecule has 0 bridgehead atoms. The third-order valence-electron chi connectivity index (χ3n) is 6.59. The Morgan fingerprint density at radius 1 is 0.903 bits per heavy atom. The van der Waals surface area contributed by atoms with Gasteiger partial charge in [-0.1, -0.05) is 48.5 Å². The maximum absolute atomic E-state index is 12.7. The minimum absolute atomic E-state index is 0.0487. The van der Waals surface area contributed by atoms with Crippen molar-refractivity contribution < 1.29 is 24.2 Å². The van der Waals surface area contributed by atoms with Crippen molar-refractivity contribution in [2.45, 2.75) is 49.1 Å². The van der Waals surface area contributed by atoms with E-state index in [1.54, 1.807) is 0 Å². The number of aliphatic carboxylic acids is 1. The van der Waals surface area contributed by atoms with E-state index in [9.17, 15) is 14.4 Å². The minimum Gasteiger partial charge on any atom is -0.481 e. The van der Waals surface area contributed by atoms with Gasteiger partial charge >= 0.3 is 12.1 Å². The molecule has 7 nitrogen and oxygen atoms in total. The molecule has 0 unspecified atom stereocenters. The van der Waals surface area contributed by atoms with Crippen LogP contribution in [0.15, 0.2) is 48.5 Å². The molecule has 0 radical (unpaired) electrons. The van der Waals surface area contributed by atoms with Crippen molar-refractivity contribution in [1.29, 1.82) is 0 Å². The number of nitrogens with one attached hydrogen (secondary N) is 2. The van der Waals surface area contributed by atoms with Gasteiger partial charge in [-0.25, -0.2) is 4.79 Å². The Morgan fingerprint density at radius 2 is 1.48 bits per heavy atom. The number of carboxylic acids is 1. The second kappa shape index (κ2) is 7.11. The van der Waals surface area contributed by atoms with Crippen molar-refractivity contribution in [1.82, 2.24) is 10.6 Å². The Morgan fingerprint density at radius 3 is 2.00 bits per heavy atom. The van der Waals surface area contributed by atoms with Gasteiger partial charge in [-0.15, -0.1) is 0 Å². The molecule has 2 saturated carbocycles. The molecule has 0 saturated heterocycles. The average molecular weight is 420 g/mol. The molecule has 3 N–H and O–H groups in total. The molecule has 31 heavy (non-hydrogen) atoms. The van der Waals surface area contributed by atoms with Gasteiger partial charge in [0.05, 0.1) is 12.0 Å². The number of amides is 2. The summed E-state index contributed by atoms with van der Waals surface area (Å²) < 4.78 is 5.55. The normalized spacial score (nSPS) is 19.0. The summed E-state index contributed by atoms with van der Waals surface area (Å²) in [5.41, 5.74) is 2.90. The van der Waals surface area contributed by atoms with Gasteiger partial charge < -0.3 is 20.5 Å². The van der Waals surface area contributed by atoms with Crippen molar-refractivity contribution in [3.8, 4) is 11.1 Å². The van der Waals surface area contributed by atoms with Crippen LogP contribution in [0.25, 0.3) is 11.1 Å². The van der Waals surface area contributed by atoms with Crippen LogP contribution in [-0.2, 0) is 14.3 Å². The van der Waals surface area contributed by atoms with Crippen LogP contribution in [0.5, 0.6) is 0 Å². The summed E-state index contributed by atoms with van der Waals surface area (Å²) in [6.45, 7) is 0.181. The minimum atomic E-state index is -0.989. The van der Waals surface area contributed by atoms with Gasteiger partial charge in [0.1, 0.15) is 12.1 Å². The quantitative estimate of drug-likeness (QED) is 0.638. The maximum atomic E-state index is 12.7. The molecular weight excluding hydrogens is 396 g/mol. The highest BCUT2D eigenvalue weighted by molar-refractivity contribution is 5.94. The zero-order chi connectivity index (χ0) is 21.6. The molecule has 3 aliphatic rings. The first-order valence-corrected chi connectivity index (χ1v) is 10.6. The fourth-order valence-electron chi connectivity index (χ4n) is 4.51. The monoisotopic (exact) mass is 420 g/mol. The first kappa shape index (κ1) is 19.6. The summed E-state index contributed by atoms with van der Waals surface area (Å²) >= 11 is 0. The van der Waals surface area contributed by atoms with Crippen LogP contribution in [0.2, 0.25) is 0 Å². The SMILES string of the molecule is O=C(O)CC1(NC(=O)C2(NC(=O)OCC3c4ccccc4-c4ccccc43)CC2)CC1. The number of carbonyl (C=O) groups excluding carboxylic acids is 2. The molecule has 5 rings (SSSR count). The summed E-state index contributed by atoms with van der Waals surface area (Å²) in [6.07, 6.45) is 1.61. The van der Waals surface area contributed by atoms with E-state index in [1.807, 2.05) is 24.3 Å². The Balaban J connectivity index is 1.22. The number of fused-ring (bicyclic) bond motifs is 3. The number of ether oxygens (including phenoxy) is 1. The van der Waals surface area contributed by atoms with Gasteiger partial charge in [0.15, 0.2) is 0 Å². The molecular formula is C24H24N2O5. The van der Waals surface area contributed by atoms with E-state index in [1.165, 1.54) is 0 Å². The summed E-state index contributed by atoms with van der Waals surface area (Å²) in [6, 6.07) is 16.2. The predicted octanol–water partition coefficient (Wildman–Crippen LogP) is 3.18. The number of rotatable bonds is 7. The molecule has 2 aromatic rings. The van der Waals surface area contributed by atoms with Crippen molar-refractivity contribution in [2.24, 2.45) is 0 Å². The van der Waals surface area contributed by atoms with Gasteiger partial charge in [0, 0.05) is 5.92 Å². The summed E-state index contributed by atoms with van der Waals surface area (Å²) in [7, 11) is 0. The molecule has 160 valence electrons. The Hall–Kier alpha value is -3.35. The van der Waals surface area contributed by atoms with E-state index < -0.39 is 23.1 Å². The number of alkyl carbamates (subject to hydrolysis) is 1. The summed E-state index contributed by atoms with van der Waals surface area (Å²) in [5.74, 6) is -1.31. The standard InChI is InChI=1S/C24H24N2O5/c27-20(28)13-23(9-10-23)25-21(29)24(11-12-24)26-22(30)31-14-19-17-7-3-1-5-15(17)16-6-2-4-8-18(16)19/h1-8,19H,9-14H2,(H,25,29)(H,26,30)(H,27,28). The van der Waals surface area contributed by atoms with Crippen molar-refractivity contribution in [2.75, 3.05) is 6.61 Å². The average Bonchev–Trinajstić information content (AvgIpc) is 3.66. The molecule has 2 fully saturated rings. The highest BCUT2D eigenvalue weighted by atomic mass is 16.5. The summed E-state index contributed by atoms with van der Waals surface area (Å²) in [5, 5.41) is 14.6. The van der Waals surface area contributed by atoms with Gasteiger partial charge in [-0.2, -0.15) is 0 Å². The lowest BCUT2D eigenvalue weighted by molar-refractivity contribution is -0.138. The fraction of sp³-hybridized carbons (Fsp3) is 0.375. The number of hydrogen-bond donors (Lipinski definition) is 3. The lowest BCUT2D eigenvalue weighted by Crippen LogP contribution is -2.53. The first-order valence-electron chi connectivity index (χ1n) is 10.6.